The Morgan fingerprint density at radius 3 is 2.53 bits per heavy atom. The highest BCUT2D eigenvalue weighted by molar-refractivity contribution is 6.30. The van der Waals surface area contributed by atoms with Crippen molar-refractivity contribution < 1.29 is 13.9 Å². The van der Waals surface area contributed by atoms with E-state index in [1.165, 1.54) is 12.1 Å². The molecule has 2 rings (SSSR count). The molecule has 0 N–H and O–H groups in total. The van der Waals surface area contributed by atoms with Gasteiger partial charge in [-0.1, -0.05) is 11.6 Å². The van der Waals surface area contributed by atoms with E-state index in [2.05, 4.69) is 0 Å². The molecule has 0 aliphatic heterocycles. The van der Waals surface area contributed by atoms with Crippen LogP contribution in [0.1, 0.15) is 21.5 Å². The van der Waals surface area contributed by atoms with E-state index < -0.39 is 5.82 Å². The van der Waals surface area contributed by atoms with Gasteiger partial charge in [-0.3, -0.25) is 4.79 Å². The summed E-state index contributed by atoms with van der Waals surface area (Å²) in [6, 6.07) is 9.17. The van der Waals surface area contributed by atoms with E-state index in [1.54, 1.807) is 25.3 Å². The number of halogens is 2. The first-order valence-electron chi connectivity index (χ1n) is 5.67. The molecule has 0 radical (unpaired) electrons. The van der Waals surface area contributed by atoms with E-state index in [0.29, 0.717) is 11.3 Å². The summed E-state index contributed by atoms with van der Waals surface area (Å²) < 4.78 is 18.5. The third-order valence-corrected chi connectivity index (χ3v) is 3.17. The maximum Gasteiger partial charge on any atom is 0.193 e. The molecular formula is C15H12ClFO2. The molecule has 0 amide bonds. The minimum absolute atomic E-state index is 0.00278. The molecule has 0 spiro atoms. The van der Waals surface area contributed by atoms with Crippen molar-refractivity contribution in [2.24, 2.45) is 0 Å². The number of methoxy groups -OCH3 is 1. The summed E-state index contributed by atoms with van der Waals surface area (Å²) in [6.45, 7) is 1.81. The number of carbonyl (C=O) groups excluding carboxylic acids is 1. The fraction of sp³-hybridized carbons (Fsp3) is 0.133. The summed E-state index contributed by atoms with van der Waals surface area (Å²) >= 11 is 5.60. The summed E-state index contributed by atoms with van der Waals surface area (Å²) in [6.07, 6.45) is 0. The van der Waals surface area contributed by atoms with E-state index in [4.69, 9.17) is 16.3 Å². The predicted octanol–water partition coefficient (Wildman–Crippen LogP) is 4.03. The molecule has 98 valence electrons. The van der Waals surface area contributed by atoms with Crippen LogP contribution in [0.5, 0.6) is 5.75 Å². The van der Waals surface area contributed by atoms with Crippen molar-refractivity contribution in [2.75, 3.05) is 7.11 Å². The van der Waals surface area contributed by atoms with Gasteiger partial charge < -0.3 is 4.74 Å². The lowest BCUT2D eigenvalue weighted by Crippen LogP contribution is -2.04. The van der Waals surface area contributed by atoms with Crippen LogP contribution in [0.2, 0.25) is 5.02 Å². The fourth-order valence-electron chi connectivity index (χ4n) is 1.81. The molecule has 0 bridgehead atoms. The molecule has 0 atom stereocenters. The average molecular weight is 279 g/mol. The first kappa shape index (κ1) is 13.6. The summed E-state index contributed by atoms with van der Waals surface area (Å²) in [5.74, 6) is -0.161. The zero-order chi connectivity index (χ0) is 14.0. The number of benzene rings is 2. The van der Waals surface area contributed by atoms with Crippen LogP contribution in [0.25, 0.3) is 0 Å². The Hall–Kier alpha value is -1.87. The standard InChI is InChI=1S/C15H12ClFO2/c1-9-7-11(19-2)4-5-12(9)15(18)10-3-6-13(16)14(17)8-10/h3-8H,1-2H3. The Morgan fingerprint density at radius 1 is 1.21 bits per heavy atom. The molecule has 0 fully saturated rings. The predicted molar refractivity (Wildman–Crippen MR) is 72.6 cm³/mol. The molecule has 0 aliphatic carbocycles. The summed E-state index contributed by atoms with van der Waals surface area (Å²) in [7, 11) is 1.56. The molecule has 2 aromatic rings. The second-order valence-electron chi connectivity index (χ2n) is 4.14. The van der Waals surface area contributed by atoms with Gasteiger partial charge in [0.15, 0.2) is 5.78 Å². The smallest absolute Gasteiger partial charge is 0.193 e. The maximum atomic E-state index is 13.4. The zero-order valence-electron chi connectivity index (χ0n) is 10.5. The van der Waals surface area contributed by atoms with E-state index in [1.807, 2.05) is 6.92 Å². The molecule has 19 heavy (non-hydrogen) atoms. The highest BCUT2D eigenvalue weighted by Gasteiger charge is 2.14. The van der Waals surface area contributed by atoms with Gasteiger partial charge >= 0.3 is 0 Å². The zero-order valence-corrected chi connectivity index (χ0v) is 11.3. The number of ether oxygens (including phenoxy) is 1. The van der Waals surface area contributed by atoms with Crippen molar-refractivity contribution in [1.82, 2.24) is 0 Å². The van der Waals surface area contributed by atoms with Crippen molar-refractivity contribution >= 4 is 17.4 Å². The van der Waals surface area contributed by atoms with Crippen molar-refractivity contribution in [3.63, 3.8) is 0 Å². The lowest BCUT2D eigenvalue weighted by Gasteiger charge is -2.07. The number of hydrogen-bond donors (Lipinski definition) is 0. The van der Waals surface area contributed by atoms with Crippen LogP contribution in [0.3, 0.4) is 0 Å². The second kappa shape index (κ2) is 5.41. The minimum Gasteiger partial charge on any atom is -0.497 e. The number of carbonyl (C=O) groups is 1. The number of ketones is 1. The van der Waals surface area contributed by atoms with E-state index in [0.717, 1.165) is 11.6 Å². The Morgan fingerprint density at radius 2 is 1.95 bits per heavy atom. The van der Waals surface area contributed by atoms with Gasteiger partial charge in [-0.2, -0.15) is 0 Å². The van der Waals surface area contributed by atoms with Crippen molar-refractivity contribution in [3.8, 4) is 5.75 Å². The monoisotopic (exact) mass is 278 g/mol. The van der Waals surface area contributed by atoms with Crippen LogP contribution >= 0.6 is 11.6 Å². The lowest BCUT2D eigenvalue weighted by atomic mass is 9.99. The van der Waals surface area contributed by atoms with Gasteiger partial charge in [0.1, 0.15) is 11.6 Å². The van der Waals surface area contributed by atoms with Crippen LogP contribution < -0.4 is 4.74 Å². The number of rotatable bonds is 3. The molecule has 2 aromatic carbocycles. The topological polar surface area (TPSA) is 26.3 Å². The number of hydrogen-bond acceptors (Lipinski definition) is 2. The van der Waals surface area contributed by atoms with Crippen LogP contribution in [-0.4, -0.2) is 12.9 Å². The van der Waals surface area contributed by atoms with Gasteiger partial charge in [0.25, 0.3) is 0 Å². The average Bonchev–Trinajstić information content (AvgIpc) is 2.41. The maximum absolute atomic E-state index is 13.4. The third kappa shape index (κ3) is 2.76. The molecular weight excluding hydrogens is 267 g/mol. The van der Waals surface area contributed by atoms with E-state index in [9.17, 15) is 9.18 Å². The Labute approximate surface area is 115 Å². The van der Waals surface area contributed by atoms with Crippen molar-refractivity contribution in [2.45, 2.75) is 6.92 Å². The third-order valence-electron chi connectivity index (χ3n) is 2.86. The van der Waals surface area contributed by atoms with Crippen LogP contribution in [0.4, 0.5) is 4.39 Å². The molecule has 4 heteroatoms. The first-order chi connectivity index (χ1) is 9.02. The minimum atomic E-state index is -0.598. The van der Waals surface area contributed by atoms with Gasteiger partial charge in [-0.25, -0.2) is 4.39 Å². The Kier molecular flexibility index (Phi) is 3.86. The normalized spacial score (nSPS) is 10.3. The highest BCUT2D eigenvalue weighted by Crippen LogP contribution is 2.22. The van der Waals surface area contributed by atoms with E-state index >= 15 is 0 Å². The van der Waals surface area contributed by atoms with Gasteiger partial charge in [-0.15, -0.1) is 0 Å². The quantitative estimate of drug-likeness (QED) is 0.793. The Bertz CT molecular complexity index is 638. The van der Waals surface area contributed by atoms with Gasteiger partial charge in [0.05, 0.1) is 12.1 Å². The van der Waals surface area contributed by atoms with Gasteiger partial charge in [0.2, 0.25) is 0 Å². The van der Waals surface area contributed by atoms with E-state index in [-0.39, 0.29) is 16.4 Å². The first-order valence-corrected chi connectivity index (χ1v) is 6.05. The Balaban J connectivity index is 2.41. The molecule has 0 heterocycles. The number of aryl methyl sites for hydroxylation is 1. The molecule has 0 aliphatic rings. The van der Waals surface area contributed by atoms with Crippen molar-refractivity contribution in [3.05, 3.63) is 63.9 Å². The summed E-state index contributed by atoms with van der Waals surface area (Å²) in [5, 5.41) is 0.00278. The molecule has 0 saturated carbocycles. The summed E-state index contributed by atoms with van der Waals surface area (Å²) in [5.41, 5.74) is 1.57. The largest absolute Gasteiger partial charge is 0.497 e. The molecule has 0 aromatic heterocycles. The fourth-order valence-corrected chi connectivity index (χ4v) is 1.93. The highest BCUT2D eigenvalue weighted by atomic mass is 35.5. The van der Waals surface area contributed by atoms with Gasteiger partial charge in [0, 0.05) is 11.1 Å². The summed E-state index contributed by atoms with van der Waals surface area (Å²) in [4.78, 5) is 12.3. The van der Waals surface area contributed by atoms with Crippen LogP contribution in [0.15, 0.2) is 36.4 Å². The second-order valence-corrected chi connectivity index (χ2v) is 4.55. The molecule has 0 unspecified atom stereocenters. The lowest BCUT2D eigenvalue weighted by molar-refractivity contribution is 0.103. The molecule has 0 saturated heterocycles. The van der Waals surface area contributed by atoms with Crippen LogP contribution in [-0.2, 0) is 0 Å². The van der Waals surface area contributed by atoms with Crippen LogP contribution in [0, 0.1) is 12.7 Å². The van der Waals surface area contributed by atoms with Crippen molar-refractivity contribution in [1.29, 1.82) is 0 Å². The molecule has 2 nitrogen and oxygen atoms in total. The SMILES string of the molecule is COc1ccc(C(=O)c2ccc(Cl)c(F)c2)c(C)c1. The van der Waals surface area contributed by atoms with Gasteiger partial charge in [-0.05, 0) is 48.9 Å².